The summed E-state index contributed by atoms with van der Waals surface area (Å²) in [6.45, 7) is 1.62. The minimum absolute atomic E-state index is 0.0290. The lowest BCUT2D eigenvalue weighted by Gasteiger charge is -2.36. The van der Waals surface area contributed by atoms with Crippen molar-refractivity contribution in [3.05, 3.63) is 12.7 Å². The van der Waals surface area contributed by atoms with Crippen molar-refractivity contribution in [1.82, 2.24) is 30.2 Å². The normalized spacial score (nSPS) is 25.8. The summed E-state index contributed by atoms with van der Waals surface area (Å²) in [5.74, 6) is -1.84. The number of imidazole rings is 1. The van der Waals surface area contributed by atoms with Crippen molar-refractivity contribution >= 4 is 74.9 Å². The number of aliphatic hydroxyl groups is 4. The van der Waals surface area contributed by atoms with Crippen LogP contribution in [0.25, 0.3) is 11.2 Å². The quantitative estimate of drug-likeness (QED) is 0.0256. The molecule has 0 bridgehead atoms. The second-order valence-corrected chi connectivity index (χ2v) is 21.0. The van der Waals surface area contributed by atoms with Crippen molar-refractivity contribution in [2.24, 2.45) is 5.41 Å². The molecule has 4 heterocycles. The Morgan fingerprint density at radius 1 is 0.985 bits per heavy atom. The predicted molar refractivity (Wildman–Crippen MR) is 219 cm³/mol. The third-order valence-electron chi connectivity index (χ3n) is 9.90. The number of nitrogens with two attached hydrogens (primary N) is 1. The molecular weight excluding hydrogens is 983 g/mol. The molecule has 2 aliphatic heterocycles. The van der Waals surface area contributed by atoms with Gasteiger partial charge in [0.15, 0.2) is 29.1 Å². The minimum Gasteiger partial charge on any atom is -0.790 e. The number of nitrogens with one attached hydrogen (secondary N) is 2. The summed E-state index contributed by atoms with van der Waals surface area (Å²) < 4.78 is 71.5. The molecule has 2 amide bonds. The molecule has 380 valence electrons. The van der Waals surface area contributed by atoms with E-state index in [2.05, 4.69) is 43.5 Å². The largest absolute Gasteiger partial charge is 0.790 e. The Kier molecular flexibility index (Phi) is 20.9. The molecule has 0 spiro atoms. The standard InChI is InChI=1S/C34H56N7O22P3S/c1-18-20(43)13-21(44)33(60-18)57-10-5-4-6-19(42)12-24(46)67-11-9-36-23(45)7-8-37-31(49)28(48)34(2,3)15-59-66(55,56)63-65(53,54)58-14-22-27(62-64(50,51)52)26(47)32(61-22)41-17-40-25-29(35)38-16-39-30(25)41/h16-18,20-22,26-28,32-33,43-44,47-48H,4-15H2,1-3H3,(H,36,45)(H,37,49)(H,53,54)(H,55,56)(H2,35,38,39)(H2,50,51,52)/p-4/t18-,20+,21+,22+,26+,27+,28-,32+,33+/m0/s1. The van der Waals surface area contributed by atoms with Crippen molar-refractivity contribution in [2.45, 2.75) is 115 Å². The van der Waals surface area contributed by atoms with Gasteiger partial charge in [0.1, 0.15) is 48.1 Å². The minimum atomic E-state index is -5.95. The number of nitrogen functional groups attached to an aromatic ring is 1. The first-order chi connectivity index (χ1) is 31.2. The number of Topliss-reactive ketones (excluding diaryl/α,β-unsaturated/α-hetero) is 1. The van der Waals surface area contributed by atoms with Gasteiger partial charge < -0.3 is 88.7 Å². The highest BCUT2D eigenvalue weighted by atomic mass is 32.2. The number of unbranched alkanes of at least 4 members (excludes halogenated alkanes) is 1. The van der Waals surface area contributed by atoms with E-state index in [0.29, 0.717) is 12.8 Å². The number of rotatable bonds is 27. The van der Waals surface area contributed by atoms with E-state index < -0.39 is 114 Å². The van der Waals surface area contributed by atoms with Crippen LogP contribution in [0.2, 0.25) is 0 Å². The number of anilines is 1. The lowest BCUT2D eigenvalue weighted by molar-refractivity contribution is -0.347. The maximum absolute atomic E-state index is 12.6. The van der Waals surface area contributed by atoms with E-state index in [-0.39, 0.29) is 73.9 Å². The first-order valence-corrected chi connectivity index (χ1v) is 25.7. The summed E-state index contributed by atoms with van der Waals surface area (Å²) in [5.41, 5.74) is 4.00. The number of phosphoric ester groups is 3. The van der Waals surface area contributed by atoms with Gasteiger partial charge in [-0.25, -0.2) is 19.3 Å². The SMILES string of the molecule is C[C@@H]1O[C@@H](OCCCCC(=O)CC(=O)SCCNC(=O)CCNC(=O)[C@H](O)C(C)(C)COP(=O)([O-])OP(=O)([O-])OC[C@H]2O[C@@H](n3cnc4c(N)ncnc43)[C@H](O)[C@@H]2OP(=O)([O-])[O-])[C@H](O)C[C@H]1O. The number of ketones is 1. The van der Waals surface area contributed by atoms with E-state index in [1.807, 2.05) is 0 Å². The molecule has 2 aromatic heterocycles. The van der Waals surface area contributed by atoms with Gasteiger partial charge >= 0.3 is 0 Å². The number of hydrogen-bond donors (Lipinski definition) is 7. The van der Waals surface area contributed by atoms with Crippen molar-refractivity contribution in [2.75, 3.05) is 44.4 Å². The molecule has 2 unspecified atom stereocenters. The number of carbonyl (C=O) groups excluding carboxylic acids is 4. The summed E-state index contributed by atoms with van der Waals surface area (Å²) in [6.07, 6.45) is -10.1. The second kappa shape index (κ2) is 24.8. The Morgan fingerprint density at radius 2 is 1.69 bits per heavy atom. The topological polar surface area (TPSA) is 451 Å². The summed E-state index contributed by atoms with van der Waals surface area (Å²) in [6, 6.07) is 0. The lowest BCUT2D eigenvalue weighted by atomic mass is 9.87. The van der Waals surface area contributed by atoms with Crippen molar-refractivity contribution < 1.29 is 105 Å². The van der Waals surface area contributed by atoms with Gasteiger partial charge in [-0.05, 0) is 19.8 Å². The molecule has 29 nitrogen and oxygen atoms in total. The van der Waals surface area contributed by atoms with Crippen LogP contribution in [0.3, 0.4) is 0 Å². The van der Waals surface area contributed by atoms with E-state index in [9.17, 15) is 72.9 Å². The molecule has 2 aliphatic rings. The molecule has 4 rings (SSSR count). The van der Waals surface area contributed by atoms with Crippen LogP contribution in [0.15, 0.2) is 12.7 Å². The molecule has 2 fully saturated rings. The highest BCUT2D eigenvalue weighted by Crippen LogP contribution is 2.56. The van der Waals surface area contributed by atoms with E-state index in [4.69, 9.17) is 19.9 Å². The van der Waals surface area contributed by atoms with E-state index in [0.717, 1.165) is 29.0 Å². The number of amides is 2. The van der Waals surface area contributed by atoms with E-state index in [1.165, 1.54) is 13.8 Å². The number of phosphoric acid groups is 3. The maximum Gasteiger partial charge on any atom is 0.274 e. The van der Waals surface area contributed by atoms with Crippen LogP contribution in [-0.4, -0.2) is 150 Å². The van der Waals surface area contributed by atoms with Crippen LogP contribution in [0.4, 0.5) is 5.82 Å². The smallest absolute Gasteiger partial charge is 0.274 e. The number of carbonyl (C=O) groups is 4. The summed E-state index contributed by atoms with van der Waals surface area (Å²) >= 11 is 0.840. The number of aromatic nitrogens is 4. The molecule has 67 heavy (non-hydrogen) atoms. The second-order valence-electron chi connectivity index (χ2n) is 15.8. The average Bonchev–Trinajstić information content (AvgIpc) is 3.79. The Hall–Kier alpha value is -2.93. The summed E-state index contributed by atoms with van der Waals surface area (Å²) in [5, 5.41) is 45.5. The number of hydrogen-bond acceptors (Lipinski definition) is 27. The van der Waals surface area contributed by atoms with Crippen molar-refractivity contribution in [3.63, 3.8) is 0 Å². The Balaban J connectivity index is 1.11. The Labute approximate surface area is 386 Å². The first-order valence-electron chi connectivity index (χ1n) is 20.3. The molecule has 11 atom stereocenters. The van der Waals surface area contributed by atoms with E-state index in [1.54, 1.807) is 6.92 Å². The fourth-order valence-corrected chi connectivity index (χ4v) is 9.72. The first kappa shape index (κ1) is 56.7. The van der Waals surface area contributed by atoms with Crippen LogP contribution < -0.4 is 35.9 Å². The molecule has 0 radical (unpaired) electrons. The van der Waals surface area contributed by atoms with Crippen LogP contribution >= 0.6 is 35.2 Å². The molecule has 0 aliphatic carbocycles. The van der Waals surface area contributed by atoms with Crippen LogP contribution in [0.1, 0.15) is 65.5 Å². The van der Waals surface area contributed by atoms with Gasteiger partial charge in [0.05, 0.1) is 46.0 Å². The lowest BCUT2D eigenvalue weighted by Crippen LogP contribution is -2.47. The Bertz CT molecular complexity index is 2170. The molecule has 2 aromatic rings. The summed E-state index contributed by atoms with van der Waals surface area (Å²) in [7, 11) is -17.7. The van der Waals surface area contributed by atoms with Crippen molar-refractivity contribution in [3.8, 4) is 0 Å². The molecule has 0 saturated carbocycles. The van der Waals surface area contributed by atoms with Gasteiger partial charge in [-0.1, -0.05) is 25.6 Å². The van der Waals surface area contributed by atoms with Gasteiger partial charge in [0.25, 0.3) is 15.6 Å². The van der Waals surface area contributed by atoms with Gasteiger partial charge in [0.2, 0.25) is 11.8 Å². The molecule has 2 saturated heterocycles. The third-order valence-corrected chi connectivity index (χ3v) is 13.8. The van der Waals surface area contributed by atoms with Gasteiger partial charge in [0, 0.05) is 50.1 Å². The molecular formula is C34H52N7O22P3S-4. The zero-order valence-electron chi connectivity index (χ0n) is 36.1. The van der Waals surface area contributed by atoms with E-state index >= 15 is 0 Å². The van der Waals surface area contributed by atoms with Crippen LogP contribution in [-0.2, 0) is 65.0 Å². The highest BCUT2D eigenvalue weighted by molar-refractivity contribution is 8.13. The number of aliphatic hydroxyl groups excluding tert-OH is 4. The maximum atomic E-state index is 12.6. The van der Waals surface area contributed by atoms with Gasteiger partial charge in [-0.3, -0.25) is 32.9 Å². The number of thioether (sulfide) groups is 1. The number of fused-ring (bicyclic) bond motifs is 1. The van der Waals surface area contributed by atoms with Crippen LogP contribution in [0, 0.1) is 5.41 Å². The van der Waals surface area contributed by atoms with Crippen LogP contribution in [0.5, 0.6) is 0 Å². The monoisotopic (exact) mass is 1040 g/mol. The Morgan fingerprint density at radius 3 is 2.39 bits per heavy atom. The third kappa shape index (κ3) is 17.8. The zero-order chi connectivity index (χ0) is 49.9. The van der Waals surface area contributed by atoms with Gasteiger partial charge in [-0.15, -0.1) is 0 Å². The van der Waals surface area contributed by atoms with Crippen molar-refractivity contribution in [1.29, 1.82) is 0 Å². The van der Waals surface area contributed by atoms with Gasteiger partial charge in [-0.2, -0.15) is 0 Å². The summed E-state index contributed by atoms with van der Waals surface area (Å²) in [4.78, 5) is 109. The molecule has 33 heteroatoms. The molecule has 8 N–H and O–H groups in total. The average molecular weight is 1040 g/mol. The number of nitrogens with zero attached hydrogens (tertiary/aromatic N) is 4. The predicted octanol–water partition coefficient (Wildman–Crippen LogP) is -3.86. The highest BCUT2D eigenvalue weighted by Gasteiger charge is 2.47. The number of ether oxygens (including phenoxy) is 3. The molecule has 0 aromatic carbocycles. The fraction of sp³-hybridized carbons (Fsp3) is 0.735. The fourth-order valence-electron chi connectivity index (χ4n) is 6.29. The zero-order valence-corrected chi connectivity index (χ0v) is 39.6.